The number of thioether (sulfide) groups is 2. The summed E-state index contributed by atoms with van der Waals surface area (Å²) >= 11 is 2.86. The molecule has 0 aromatic carbocycles. The van der Waals surface area contributed by atoms with Crippen molar-refractivity contribution in [3.05, 3.63) is 40.0 Å². The molecule has 0 bridgehead atoms. The van der Waals surface area contributed by atoms with E-state index in [1.165, 1.54) is 41.9 Å². The normalized spacial score (nSPS) is 21.8. The van der Waals surface area contributed by atoms with E-state index in [4.69, 9.17) is 4.42 Å². The van der Waals surface area contributed by atoms with E-state index < -0.39 is 11.8 Å². The highest BCUT2D eigenvalue weighted by atomic mass is 32.2. The molecule has 0 aliphatic carbocycles. The molecular weight excluding hydrogens is 284 g/mol. The van der Waals surface area contributed by atoms with Crippen LogP contribution in [0.1, 0.15) is 12.7 Å². The molecule has 1 aliphatic rings. The first-order valence-electron chi connectivity index (χ1n) is 5.61. The van der Waals surface area contributed by atoms with Crippen LogP contribution in [0.2, 0.25) is 0 Å². The molecule has 1 aliphatic heterocycles. The fourth-order valence-corrected chi connectivity index (χ4v) is 4.33. The standard InChI is InChI=1S/C13H12O4S2/c1-8-7-18-13(19-8)11(12(15)16)10(14)5-4-9-3-2-6-17-9/h2-6,8H,7H2,1H3,(H,15,16). The van der Waals surface area contributed by atoms with Gasteiger partial charge in [0, 0.05) is 11.0 Å². The number of rotatable bonds is 4. The van der Waals surface area contributed by atoms with Gasteiger partial charge < -0.3 is 9.52 Å². The molecule has 19 heavy (non-hydrogen) atoms. The summed E-state index contributed by atoms with van der Waals surface area (Å²) in [7, 11) is 0. The van der Waals surface area contributed by atoms with Gasteiger partial charge in [-0.2, -0.15) is 0 Å². The number of aliphatic carboxylic acids is 1. The molecule has 100 valence electrons. The zero-order valence-corrected chi connectivity index (χ0v) is 11.8. The average Bonchev–Trinajstić information content (AvgIpc) is 2.98. The third kappa shape index (κ3) is 3.54. The second-order valence-corrected chi connectivity index (χ2v) is 6.66. The van der Waals surface area contributed by atoms with Gasteiger partial charge in [0.05, 0.1) is 10.5 Å². The Morgan fingerprint density at radius 1 is 1.53 bits per heavy atom. The lowest BCUT2D eigenvalue weighted by molar-refractivity contribution is -0.134. The number of carboxylic acid groups (broad SMARTS) is 1. The molecule has 6 heteroatoms. The molecule has 2 rings (SSSR count). The Kier molecular flexibility index (Phi) is 4.55. The lowest BCUT2D eigenvalue weighted by atomic mass is 10.2. The molecule has 1 N–H and O–H groups in total. The summed E-state index contributed by atoms with van der Waals surface area (Å²) < 4.78 is 5.65. The first kappa shape index (κ1) is 14.0. The van der Waals surface area contributed by atoms with E-state index in [9.17, 15) is 14.7 Å². The minimum atomic E-state index is -1.18. The minimum absolute atomic E-state index is 0.151. The predicted octanol–water partition coefficient (Wildman–Crippen LogP) is 3.03. The Labute approximate surface area is 118 Å². The van der Waals surface area contributed by atoms with Gasteiger partial charge in [-0.3, -0.25) is 4.79 Å². The largest absolute Gasteiger partial charge is 0.477 e. The van der Waals surface area contributed by atoms with E-state index in [-0.39, 0.29) is 5.57 Å². The first-order valence-corrected chi connectivity index (χ1v) is 7.47. The van der Waals surface area contributed by atoms with Crippen molar-refractivity contribution < 1.29 is 19.1 Å². The van der Waals surface area contributed by atoms with Gasteiger partial charge in [-0.25, -0.2) is 4.79 Å². The van der Waals surface area contributed by atoms with Gasteiger partial charge in [-0.05, 0) is 24.3 Å². The zero-order valence-electron chi connectivity index (χ0n) is 10.2. The second-order valence-electron chi connectivity index (χ2n) is 3.92. The van der Waals surface area contributed by atoms with Crippen molar-refractivity contribution in [2.45, 2.75) is 12.2 Å². The maximum atomic E-state index is 12.0. The van der Waals surface area contributed by atoms with Crippen LogP contribution in [0.3, 0.4) is 0 Å². The number of carbonyl (C=O) groups excluding carboxylic acids is 1. The summed E-state index contributed by atoms with van der Waals surface area (Å²) in [6.07, 6.45) is 4.20. The predicted molar refractivity (Wildman–Crippen MR) is 76.9 cm³/mol. The van der Waals surface area contributed by atoms with Gasteiger partial charge in [0.25, 0.3) is 0 Å². The number of hydrogen-bond acceptors (Lipinski definition) is 5. The summed E-state index contributed by atoms with van der Waals surface area (Å²) in [4.78, 5) is 23.2. The monoisotopic (exact) mass is 296 g/mol. The van der Waals surface area contributed by atoms with Gasteiger partial charge in [-0.1, -0.05) is 6.92 Å². The van der Waals surface area contributed by atoms with Gasteiger partial charge in [0.1, 0.15) is 11.3 Å². The van der Waals surface area contributed by atoms with Crippen LogP contribution in [-0.2, 0) is 9.59 Å². The van der Waals surface area contributed by atoms with Gasteiger partial charge >= 0.3 is 5.97 Å². The van der Waals surface area contributed by atoms with Crippen molar-refractivity contribution in [3.63, 3.8) is 0 Å². The maximum absolute atomic E-state index is 12.0. The summed E-state index contributed by atoms with van der Waals surface area (Å²) in [5, 5.41) is 9.51. The molecule has 1 atom stereocenters. The first-order chi connectivity index (χ1) is 9.08. The quantitative estimate of drug-likeness (QED) is 0.523. The molecule has 1 fully saturated rings. The number of hydrogen-bond donors (Lipinski definition) is 1. The van der Waals surface area contributed by atoms with Crippen molar-refractivity contribution in [2.75, 3.05) is 5.75 Å². The van der Waals surface area contributed by atoms with Crippen LogP contribution in [0, 0.1) is 0 Å². The lowest BCUT2D eigenvalue weighted by Gasteiger charge is -2.02. The molecule has 0 spiro atoms. The molecule has 2 heterocycles. The van der Waals surface area contributed by atoms with Crippen LogP contribution in [0.15, 0.2) is 38.7 Å². The molecule has 1 aromatic heterocycles. The number of furan rings is 1. The van der Waals surface area contributed by atoms with Crippen LogP contribution in [0.25, 0.3) is 6.08 Å². The summed E-state index contributed by atoms with van der Waals surface area (Å²) in [5.74, 6) is -0.347. The van der Waals surface area contributed by atoms with E-state index in [1.54, 1.807) is 12.1 Å². The fraction of sp³-hybridized carbons (Fsp3) is 0.231. The molecule has 0 amide bonds. The van der Waals surface area contributed by atoms with E-state index in [1.807, 2.05) is 6.92 Å². The summed E-state index contributed by atoms with van der Waals surface area (Å²) in [6.45, 7) is 2.01. The Hall–Kier alpha value is -1.40. The highest BCUT2D eigenvalue weighted by Crippen LogP contribution is 2.43. The van der Waals surface area contributed by atoms with Crippen LogP contribution in [-0.4, -0.2) is 27.9 Å². The Morgan fingerprint density at radius 3 is 2.84 bits per heavy atom. The van der Waals surface area contributed by atoms with Crippen LogP contribution in [0.4, 0.5) is 0 Å². The van der Waals surface area contributed by atoms with E-state index in [0.717, 1.165) is 5.75 Å². The topological polar surface area (TPSA) is 67.5 Å². The van der Waals surface area contributed by atoms with Crippen LogP contribution >= 0.6 is 23.5 Å². The Balaban J connectivity index is 2.21. The average molecular weight is 296 g/mol. The van der Waals surface area contributed by atoms with Gasteiger partial charge in [-0.15, -0.1) is 23.5 Å². The highest BCUT2D eigenvalue weighted by Gasteiger charge is 2.27. The van der Waals surface area contributed by atoms with Crippen molar-refractivity contribution >= 4 is 41.4 Å². The SMILES string of the molecule is CC1CSC(=C(C(=O)O)C(=O)C=Cc2ccco2)S1. The third-order valence-electron chi connectivity index (χ3n) is 2.36. The number of ketones is 1. The molecule has 1 unspecified atom stereocenters. The maximum Gasteiger partial charge on any atom is 0.341 e. The van der Waals surface area contributed by atoms with E-state index in [2.05, 4.69) is 0 Å². The fourth-order valence-electron chi connectivity index (χ4n) is 1.50. The Morgan fingerprint density at radius 2 is 2.32 bits per heavy atom. The third-order valence-corrected chi connectivity index (χ3v) is 5.34. The minimum Gasteiger partial charge on any atom is -0.477 e. The summed E-state index contributed by atoms with van der Waals surface area (Å²) in [6, 6.07) is 3.39. The summed E-state index contributed by atoms with van der Waals surface area (Å²) in [5.41, 5.74) is -0.151. The number of carboxylic acids is 1. The van der Waals surface area contributed by atoms with Crippen molar-refractivity contribution in [2.24, 2.45) is 0 Å². The van der Waals surface area contributed by atoms with Crippen molar-refractivity contribution in [1.82, 2.24) is 0 Å². The van der Waals surface area contributed by atoms with Gasteiger partial charge in [0.2, 0.25) is 0 Å². The van der Waals surface area contributed by atoms with E-state index in [0.29, 0.717) is 15.2 Å². The van der Waals surface area contributed by atoms with Crippen LogP contribution < -0.4 is 0 Å². The number of carbonyl (C=O) groups is 2. The molecular formula is C13H12O4S2. The van der Waals surface area contributed by atoms with Gasteiger partial charge in [0.15, 0.2) is 5.78 Å². The molecule has 1 aromatic rings. The van der Waals surface area contributed by atoms with Crippen molar-refractivity contribution in [1.29, 1.82) is 0 Å². The molecule has 0 radical (unpaired) electrons. The molecule has 0 saturated carbocycles. The molecule has 4 nitrogen and oxygen atoms in total. The van der Waals surface area contributed by atoms with Crippen LogP contribution in [0.5, 0.6) is 0 Å². The lowest BCUT2D eigenvalue weighted by Crippen LogP contribution is -2.11. The Bertz CT molecular complexity index is 543. The highest BCUT2D eigenvalue weighted by molar-refractivity contribution is 8.25. The van der Waals surface area contributed by atoms with Crippen molar-refractivity contribution in [3.8, 4) is 0 Å². The second kappa shape index (κ2) is 6.16. The molecule has 1 saturated heterocycles. The smallest absolute Gasteiger partial charge is 0.341 e. The zero-order chi connectivity index (χ0) is 13.8. The number of allylic oxidation sites excluding steroid dienone is 1. The van der Waals surface area contributed by atoms with E-state index >= 15 is 0 Å².